The van der Waals surface area contributed by atoms with Crippen molar-refractivity contribution in [2.45, 2.75) is 12.5 Å². The van der Waals surface area contributed by atoms with Crippen molar-refractivity contribution < 1.29 is 23.1 Å². The van der Waals surface area contributed by atoms with Gasteiger partial charge in [-0.2, -0.15) is 0 Å². The van der Waals surface area contributed by atoms with E-state index in [9.17, 15) is 18.4 Å². The summed E-state index contributed by atoms with van der Waals surface area (Å²) in [6.45, 7) is 0.153. The zero-order valence-corrected chi connectivity index (χ0v) is 10.2. The molecule has 1 aromatic rings. The van der Waals surface area contributed by atoms with Crippen LogP contribution in [0, 0.1) is 11.6 Å². The summed E-state index contributed by atoms with van der Waals surface area (Å²) in [5, 5.41) is 2.45. The number of imide groups is 1. The van der Waals surface area contributed by atoms with Gasteiger partial charge in [0.2, 0.25) is 5.91 Å². The molecule has 1 unspecified atom stereocenters. The summed E-state index contributed by atoms with van der Waals surface area (Å²) < 4.78 is 31.5. The lowest BCUT2D eigenvalue weighted by Crippen LogP contribution is -2.42. The van der Waals surface area contributed by atoms with Crippen molar-refractivity contribution in [1.82, 2.24) is 5.32 Å². The molecule has 0 bridgehead atoms. The Hall–Kier alpha value is -2.02. The van der Waals surface area contributed by atoms with Crippen molar-refractivity contribution in [1.29, 1.82) is 0 Å². The summed E-state index contributed by atoms with van der Waals surface area (Å²) in [7, 11) is 1.41. The van der Waals surface area contributed by atoms with Crippen LogP contribution in [0.3, 0.4) is 0 Å². The zero-order valence-electron chi connectivity index (χ0n) is 10.2. The van der Waals surface area contributed by atoms with Crippen LogP contribution in [0.5, 0.6) is 0 Å². The van der Waals surface area contributed by atoms with Crippen LogP contribution >= 0.6 is 0 Å². The predicted molar refractivity (Wildman–Crippen MR) is 62.7 cm³/mol. The molecule has 1 N–H and O–H groups in total. The van der Waals surface area contributed by atoms with Gasteiger partial charge in [0.15, 0.2) is 0 Å². The van der Waals surface area contributed by atoms with Gasteiger partial charge >= 0.3 is 6.03 Å². The number of benzene rings is 1. The number of nitrogens with zero attached hydrogens (tertiary/aromatic N) is 1. The molecular formula is C12H12F2N2O3. The van der Waals surface area contributed by atoms with Gasteiger partial charge in [-0.25, -0.2) is 18.5 Å². The van der Waals surface area contributed by atoms with E-state index in [0.717, 1.165) is 12.1 Å². The molecule has 19 heavy (non-hydrogen) atoms. The molecule has 0 spiro atoms. The van der Waals surface area contributed by atoms with E-state index in [1.165, 1.54) is 7.11 Å². The second-order valence-electron chi connectivity index (χ2n) is 4.07. The van der Waals surface area contributed by atoms with E-state index in [1.54, 1.807) is 0 Å². The molecule has 7 heteroatoms. The molecule has 2 rings (SSSR count). The van der Waals surface area contributed by atoms with E-state index in [0.29, 0.717) is 11.0 Å². The van der Waals surface area contributed by atoms with Gasteiger partial charge in [0, 0.05) is 19.7 Å². The Morgan fingerprint density at radius 1 is 1.37 bits per heavy atom. The van der Waals surface area contributed by atoms with Gasteiger partial charge in [0.05, 0.1) is 18.2 Å². The highest BCUT2D eigenvalue weighted by Crippen LogP contribution is 2.22. The number of urea groups is 1. The summed E-state index contributed by atoms with van der Waals surface area (Å²) >= 11 is 0. The Balaban J connectivity index is 2.36. The van der Waals surface area contributed by atoms with Crippen LogP contribution in [0.4, 0.5) is 19.3 Å². The number of hydrogen-bond acceptors (Lipinski definition) is 3. The van der Waals surface area contributed by atoms with Crippen LogP contribution in [0.1, 0.15) is 6.42 Å². The first-order valence-corrected chi connectivity index (χ1v) is 5.61. The van der Waals surface area contributed by atoms with E-state index in [2.05, 4.69) is 5.32 Å². The molecule has 1 fully saturated rings. The third-order valence-corrected chi connectivity index (χ3v) is 2.82. The first-order chi connectivity index (χ1) is 9.02. The first-order valence-electron chi connectivity index (χ1n) is 5.61. The molecule has 1 aliphatic rings. The van der Waals surface area contributed by atoms with Crippen molar-refractivity contribution >= 4 is 17.6 Å². The van der Waals surface area contributed by atoms with Crippen LogP contribution in [-0.4, -0.2) is 31.7 Å². The standard InChI is InChI=1S/C12H12F2N2O3/c1-19-8-5-11(17)16(12(18)15-6-8)10-3-2-7(13)4-9(10)14/h2-4,8H,5-6H2,1H3,(H,15,18). The largest absolute Gasteiger partial charge is 0.379 e. The molecule has 1 aromatic carbocycles. The van der Waals surface area contributed by atoms with Crippen LogP contribution in [-0.2, 0) is 9.53 Å². The molecule has 3 amide bonds. The van der Waals surface area contributed by atoms with Crippen molar-refractivity contribution in [2.24, 2.45) is 0 Å². The Kier molecular flexibility index (Phi) is 3.75. The number of ether oxygens (including phenoxy) is 1. The summed E-state index contributed by atoms with van der Waals surface area (Å²) in [5.41, 5.74) is -0.277. The minimum Gasteiger partial charge on any atom is -0.379 e. The minimum atomic E-state index is -0.973. The lowest BCUT2D eigenvalue weighted by molar-refractivity contribution is -0.119. The number of amides is 3. The van der Waals surface area contributed by atoms with Gasteiger partial charge < -0.3 is 10.1 Å². The molecule has 0 saturated carbocycles. The fourth-order valence-corrected chi connectivity index (χ4v) is 1.82. The average molecular weight is 270 g/mol. The first kappa shape index (κ1) is 13.4. The van der Waals surface area contributed by atoms with Crippen LogP contribution in [0.25, 0.3) is 0 Å². The number of carbonyl (C=O) groups excluding carboxylic acids is 2. The maximum absolute atomic E-state index is 13.6. The van der Waals surface area contributed by atoms with Crippen molar-refractivity contribution in [3.8, 4) is 0 Å². The average Bonchev–Trinajstić information content (AvgIpc) is 2.50. The molecule has 5 nitrogen and oxygen atoms in total. The monoisotopic (exact) mass is 270 g/mol. The number of hydrogen-bond donors (Lipinski definition) is 1. The number of carbonyl (C=O) groups is 2. The fraction of sp³-hybridized carbons (Fsp3) is 0.333. The Morgan fingerprint density at radius 3 is 2.74 bits per heavy atom. The van der Waals surface area contributed by atoms with Crippen LogP contribution in [0.15, 0.2) is 18.2 Å². The smallest absolute Gasteiger partial charge is 0.328 e. The van der Waals surface area contributed by atoms with Crippen LogP contribution < -0.4 is 10.2 Å². The number of anilines is 1. The zero-order chi connectivity index (χ0) is 14.0. The maximum atomic E-state index is 13.6. The maximum Gasteiger partial charge on any atom is 0.328 e. The van der Waals surface area contributed by atoms with Gasteiger partial charge in [0.1, 0.15) is 11.6 Å². The van der Waals surface area contributed by atoms with Crippen molar-refractivity contribution in [3.05, 3.63) is 29.8 Å². The quantitative estimate of drug-likeness (QED) is 0.884. The number of methoxy groups -OCH3 is 1. The normalized spacial score (nSPS) is 20.2. The summed E-state index contributed by atoms with van der Waals surface area (Å²) in [6.07, 6.45) is -0.531. The topological polar surface area (TPSA) is 58.6 Å². The lowest BCUT2D eigenvalue weighted by atomic mass is 10.2. The molecule has 1 saturated heterocycles. The van der Waals surface area contributed by atoms with E-state index < -0.39 is 29.7 Å². The SMILES string of the molecule is COC1CNC(=O)N(c2ccc(F)cc2F)C(=O)C1. The van der Waals surface area contributed by atoms with E-state index in [1.807, 2.05) is 0 Å². The van der Waals surface area contributed by atoms with E-state index >= 15 is 0 Å². The Labute approximate surface area is 108 Å². The summed E-state index contributed by atoms with van der Waals surface area (Å²) in [6, 6.07) is 1.90. The third kappa shape index (κ3) is 2.70. The minimum absolute atomic E-state index is 0.0634. The van der Waals surface area contributed by atoms with Crippen LogP contribution in [0.2, 0.25) is 0 Å². The second-order valence-corrected chi connectivity index (χ2v) is 4.07. The van der Waals surface area contributed by atoms with Gasteiger partial charge in [-0.3, -0.25) is 4.79 Å². The van der Waals surface area contributed by atoms with Gasteiger partial charge in [0.25, 0.3) is 0 Å². The summed E-state index contributed by atoms with van der Waals surface area (Å²) in [4.78, 5) is 24.4. The Morgan fingerprint density at radius 2 is 2.11 bits per heavy atom. The summed E-state index contributed by atoms with van der Waals surface area (Å²) in [5.74, 6) is -2.36. The van der Waals surface area contributed by atoms with Gasteiger partial charge in [-0.1, -0.05) is 0 Å². The molecule has 0 radical (unpaired) electrons. The lowest BCUT2D eigenvalue weighted by Gasteiger charge is -2.18. The van der Waals surface area contributed by atoms with Gasteiger partial charge in [-0.05, 0) is 12.1 Å². The molecule has 1 heterocycles. The second kappa shape index (κ2) is 5.31. The molecule has 0 aromatic heterocycles. The molecule has 102 valence electrons. The van der Waals surface area contributed by atoms with E-state index in [-0.39, 0.29) is 18.7 Å². The van der Waals surface area contributed by atoms with Gasteiger partial charge in [-0.15, -0.1) is 0 Å². The number of rotatable bonds is 2. The third-order valence-electron chi connectivity index (χ3n) is 2.82. The highest BCUT2D eigenvalue weighted by atomic mass is 19.1. The number of nitrogens with one attached hydrogen (secondary N) is 1. The van der Waals surface area contributed by atoms with Crippen molar-refractivity contribution in [2.75, 3.05) is 18.6 Å². The molecule has 1 aliphatic heterocycles. The highest BCUT2D eigenvalue weighted by Gasteiger charge is 2.31. The predicted octanol–water partition coefficient (Wildman–Crippen LogP) is 1.43. The van der Waals surface area contributed by atoms with Crippen molar-refractivity contribution in [3.63, 3.8) is 0 Å². The highest BCUT2D eigenvalue weighted by molar-refractivity contribution is 6.14. The fourth-order valence-electron chi connectivity index (χ4n) is 1.82. The molecular weight excluding hydrogens is 258 g/mol. The number of halogens is 2. The van der Waals surface area contributed by atoms with E-state index in [4.69, 9.17) is 4.74 Å². The molecule has 0 aliphatic carbocycles. The molecule has 1 atom stereocenters. The Bertz CT molecular complexity index is 522.